The van der Waals surface area contributed by atoms with Crippen LogP contribution in [0.25, 0.3) is 0 Å². The van der Waals surface area contributed by atoms with Crippen molar-refractivity contribution in [1.29, 1.82) is 0 Å². The molecule has 0 aromatic rings. The van der Waals surface area contributed by atoms with Crippen molar-refractivity contribution in [2.75, 3.05) is 0 Å². The molecule has 0 bridgehead atoms. The third-order valence-corrected chi connectivity index (χ3v) is 5.29. The zero-order chi connectivity index (χ0) is 12.1. The Bertz CT molecular complexity index is 350. The van der Waals surface area contributed by atoms with Crippen molar-refractivity contribution >= 4 is 0 Å². The lowest BCUT2D eigenvalue weighted by Gasteiger charge is -2.27. The Morgan fingerprint density at radius 2 is 1.75 bits per heavy atom. The molecule has 0 radical (unpaired) electrons. The van der Waals surface area contributed by atoms with Crippen molar-refractivity contribution in [3.63, 3.8) is 0 Å². The molecule has 1 heteroatoms. The van der Waals surface area contributed by atoms with E-state index >= 15 is 0 Å². The van der Waals surface area contributed by atoms with E-state index < -0.39 is 0 Å². The van der Waals surface area contributed by atoms with Gasteiger partial charge in [0.1, 0.15) is 0 Å². The first-order chi connectivity index (χ1) is 7.39. The second kappa shape index (κ2) is 3.46. The molecule has 2 fully saturated rings. The largest absolute Gasteiger partial charge is 0.305 e. The predicted molar refractivity (Wildman–Crippen MR) is 70.3 cm³/mol. The van der Waals surface area contributed by atoms with Crippen LogP contribution in [0.15, 0.2) is 23.8 Å². The van der Waals surface area contributed by atoms with Gasteiger partial charge in [0.25, 0.3) is 0 Å². The number of rotatable bonds is 1. The standard InChI is InChI=1S/C15H25N/c1-7-8-9-13-10(2)15(12(4)16-15)11(3)14(13,5)6/h7-12,16H,1-6H3/b8-7-,13-9-. The van der Waals surface area contributed by atoms with E-state index in [2.05, 4.69) is 65.1 Å². The van der Waals surface area contributed by atoms with E-state index in [0.29, 0.717) is 28.8 Å². The highest BCUT2D eigenvalue weighted by atomic mass is 15.2. The lowest BCUT2D eigenvalue weighted by Crippen LogP contribution is -2.30. The van der Waals surface area contributed by atoms with Crippen LogP contribution >= 0.6 is 0 Å². The van der Waals surface area contributed by atoms with Crippen LogP contribution in [0.2, 0.25) is 0 Å². The Kier molecular flexibility index (Phi) is 2.58. The first kappa shape index (κ1) is 11.9. The molecule has 1 saturated heterocycles. The lowest BCUT2D eigenvalue weighted by molar-refractivity contribution is 0.280. The Balaban J connectivity index is 2.41. The molecule has 2 aliphatic rings. The van der Waals surface area contributed by atoms with Gasteiger partial charge < -0.3 is 5.32 Å². The molecule has 4 atom stereocenters. The van der Waals surface area contributed by atoms with E-state index in [4.69, 9.17) is 0 Å². The Hall–Kier alpha value is -0.560. The van der Waals surface area contributed by atoms with Crippen LogP contribution in [0.3, 0.4) is 0 Å². The molecule has 1 N–H and O–H groups in total. The lowest BCUT2D eigenvalue weighted by atomic mass is 9.77. The molecule has 16 heavy (non-hydrogen) atoms. The fraction of sp³-hybridized carbons (Fsp3) is 0.733. The summed E-state index contributed by atoms with van der Waals surface area (Å²) >= 11 is 0. The maximum atomic E-state index is 3.70. The minimum Gasteiger partial charge on any atom is -0.305 e. The van der Waals surface area contributed by atoms with Crippen molar-refractivity contribution < 1.29 is 0 Å². The van der Waals surface area contributed by atoms with Crippen LogP contribution in [-0.2, 0) is 0 Å². The molecule has 1 aliphatic carbocycles. The monoisotopic (exact) mass is 219 g/mol. The summed E-state index contributed by atoms with van der Waals surface area (Å²) in [5, 5.41) is 3.70. The molecule has 1 aliphatic heterocycles. The number of hydrogen-bond acceptors (Lipinski definition) is 1. The third-order valence-electron chi connectivity index (χ3n) is 5.29. The average molecular weight is 219 g/mol. The van der Waals surface area contributed by atoms with E-state index in [-0.39, 0.29) is 0 Å². The van der Waals surface area contributed by atoms with Crippen molar-refractivity contribution in [2.24, 2.45) is 17.3 Å². The topological polar surface area (TPSA) is 21.9 Å². The highest BCUT2D eigenvalue weighted by Gasteiger charge is 2.67. The van der Waals surface area contributed by atoms with Gasteiger partial charge in [0.2, 0.25) is 0 Å². The zero-order valence-corrected chi connectivity index (χ0v) is 11.5. The second-order valence-electron chi connectivity index (χ2n) is 6.11. The molecule has 0 aromatic carbocycles. The SMILES string of the molecule is C/C=C\C=C1\C(C)C2(NC2C)C(C)C1(C)C. The van der Waals surface area contributed by atoms with Crippen LogP contribution in [-0.4, -0.2) is 11.6 Å². The minimum atomic E-state index is 0.316. The molecule has 2 rings (SSSR count). The summed E-state index contributed by atoms with van der Waals surface area (Å²) in [5.74, 6) is 1.37. The molecule has 1 spiro atoms. The van der Waals surface area contributed by atoms with Crippen LogP contribution in [0.1, 0.15) is 41.5 Å². The molecule has 0 amide bonds. The minimum absolute atomic E-state index is 0.316. The van der Waals surface area contributed by atoms with Gasteiger partial charge in [-0.3, -0.25) is 0 Å². The van der Waals surface area contributed by atoms with E-state index in [0.717, 1.165) is 0 Å². The summed E-state index contributed by atoms with van der Waals surface area (Å²) in [6.07, 6.45) is 6.64. The van der Waals surface area contributed by atoms with Crippen molar-refractivity contribution in [2.45, 2.75) is 53.1 Å². The van der Waals surface area contributed by atoms with Crippen LogP contribution < -0.4 is 5.32 Å². The first-order valence-electron chi connectivity index (χ1n) is 6.50. The van der Waals surface area contributed by atoms with Gasteiger partial charge in [0.15, 0.2) is 0 Å². The quantitative estimate of drug-likeness (QED) is 0.670. The predicted octanol–water partition coefficient (Wildman–Crippen LogP) is 3.53. The third kappa shape index (κ3) is 1.27. The highest BCUT2D eigenvalue weighted by molar-refractivity contribution is 5.39. The van der Waals surface area contributed by atoms with Crippen molar-refractivity contribution in [1.82, 2.24) is 5.32 Å². The maximum absolute atomic E-state index is 3.70. The smallest absolute Gasteiger partial charge is 0.0433 e. The summed E-state index contributed by atoms with van der Waals surface area (Å²) < 4.78 is 0. The van der Waals surface area contributed by atoms with E-state index in [9.17, 15) is 0 Å². The van der Waals surface area contributed by atoms with Gasteiger partial charge in [0.05, 0.1) is 0 Å². The van der Waals surface area contributed by atoms with Crippen LogP contribution in [0.5, 0.6) is 0 Å². The molecule has 1 saturated carbocycles. The molecular weight excluding hydrogens is 194 g/mol. The van der Waals surface area contributed by atoms with Crippen molar-refractivity contribution in [3.8, 4) is 0 Å². The normalized spacial score (nSPS) is 48.4. The molecule has 1 heterocycles. The van der Waals surface area contributed by atoms with Gasteiger partial charge in [-0.15, -0.1) is 0 Å². The second-order valence-corrected chi connectivity index (χ2v) is 6.11. The highest BCUT2D eigenvalue weighted by Crippen LogP contribution is 2.61. The average Bonchev–Trinajstić information content (AvgIpc) is 2.86. The summed E-state index contributed by atoms with van der Waals surface area (Å²) in [5.41, 5.74) is 2.29. The van der Waals surface area contributed by atoms with Gasteiger partial charge in [-0.1, -0.05) is 51.5 Å². The number of hydrogen-bond donors (Lipinski definition) is 1. The van der Waals surface area contributed by atoms with Crippen molar-refractivity contribution in [3.05, 3.63) is 23.8 Å². The Labute approximate surface area is 100 Å². The van der Waals surface area contributed by atoms with Gasteiger partial charge in [-0.05, 0) is 31.1 Å². The van der Waals surface area contributed by atoms with Crippen LogP contribution in [0.4, 0.5) is 0 Å². The fourth-order valence-electron chi connectivity index (χ4n) is 3.93. The summed E-state index contributed by atoms with van der Waals surface area (Å²) in [4.78, 5) is 0. The Morgan fingerprint density at radius 1 is 1.19 bits per heavy atom. The van der Waals surface area contributed by atoms with E-state index in [1.165, 1.54) is 0 Å². The van der Waals surface area contributed by atoms with E-state index in [1.54, 1.807) is 5.57 Å². The fourth-order valence-corrected chi connectivity index (χ4v) is 3.93. The number of nitrogens with one attached hydrogen (secondary N) is 1. The van der Waals surface area contributed by atoms with Gasteiger partial charge >= 0.3 is 0 Å². The van der Waals surface area contributed by atoms with Gasteiger partial charge in [-0.2, -0.15) is 0 Å². The maximum Gasteiger partial charge on any atom is 0.0433 e. The molecule has 1 nitrogen and oxygen atoms in total. The molecule has 4 unspecified atom stereocenters. The molecule has 0 aromatic heterocycles. The van der Waals surface area contributed by atoms with E-state index in [1.807, 2.05) is 0 Å². The Morgan fingerprint density at radius 3 is 2.12 bits per heavy atom. The summed E-state index contributed by atoms with van der Waals surface area (Å²) in [6, 6.07) is 0.674. The summed E-state index contributed by atoms with van der Waals surface area (Å²) in [6.45, 7) is 14.0. The van der Waals surface area contributed by atoms with Gasteiger partial charge in [-0.25, -0.2) is 0 Å². The molecule has 90 valence electrons. The first-order valence-corrected chi connectivity index (χ1v) is 6.50. The zero-order valence-electron chi connectivity index (χ0n) is 11.5. The van der Waals surface area contributed by atoms with Crippen LogP contribution in [0, 0.1) is 17.3 Å². The number of allylic oxidation sites excluding steroid dienone is 3. The summed E-state index contributed by atoms with van der Waals surface area (Å²) in [7, 11) is 0. The van der Waals surface area contributed by atoms with Gasteiger partial charge in [0, 0.05) is 11.6 Å². The molecular formula is C15H25N.